The van der Waals surface area contributed by atoms with Gasteiger partial charge in [-0.2, -0.15) is 0 Å². The van der Waals surface area contributed by atoms with Crippen LogP contribution in [0, 0.1) is 5.92 Å². The maximum absolute atomic E-state index is 12.4. The summed E-state index contributed by atoms with van der Waals surface area (Å²) in [6.45, 7) is 9.54. The van der Waals surface area contributed by atoms with E-state index in [9.17, 15) is 4.79 Å². The van der Waals surface area contributed by atoms with Gasteiger partial charge < -0.3 is 14.4 Å². The van der Waals surface area contributed by atoms with Crippen LogP contribution >= 0.6 is 0 Å². The minimum atomic E-state index is -0.430. The fourth-order valence-corrected chi connectivity index (χ4v) is 5.10. The van der Waals surface area contributed by atoms with Gasteiger partial charge in [-0.3, -0.25) is 0 Å². The maximum atomic E-state index is 12.4. The molecule has 3 aliphatic heterocycles. The van der Waals surface area contributed by atoms with Crippen LogP contribution in [0.15, 0.2) is 0 Å². The Balaban J connectivity index is 1.59. The number of ether oxygens (including phenoxy) is 2. The lowest BCUT2D eigenvalue weighted by Crippen LogP contribution is -2.42. The monoisotopic (exact) mass is 335 g/mol. The van der Waals surface area contributed by atoms with Crippen molar-refractivity contribution in [2.45, 2.75) is 82.9 Å². The van der Waals surface area contributed by atoms with E-state index in [4.69, 9.17) is 9.47 Å². The van der Waals surface area contributed by atoms with Crippen molar-refractivity contribution in [1.29, 1.82) is 0 Å². The zero-order valence-corrected chi connectivity index (χ0v) is 15.8. The lowest BCUT2D eigenvalue weighted by Gasteiger charge is -2.42. The average molecular weight is 335 g/mol. The van der Waals surface area contributed by atoms with E-state index in [1.807, 2.05) is 25.7 Å². The molecule has 5 heteroatoms. The van der Waals surface area contributed by atoms with Gasteiger partial charge >= 0.3 is 6.09 Å². The molecular formula is C19H34BNO3. The highest BCUT2D eigenvalue weighted by Gasteiger charge is 2.40. The highest BCUT2D eigenvalue weighted by atomic mass is 16.6. The molecule has 1 amide bonds. The van der Waals surface area contributed by atoms with Gasteiger partial charge in [-0.25, -0.2) is 4.79 Å². The third-order valence-electron chi connectivity index (χ3n) is 6.11. The summed E-state index contributed by atoms with van der Waals surface area (Å²) in [6.07, 6.45) is 9.59. The van der Waals surface area contributed by atoms with Crippen molar-refractivity contribution in [2.75, 3.05) is 26.3 Å². The zero-order valence-electron chi connectivity index (χ0n) is 15.8. The molecule has 136 valence electrons. The van der Waals surface area contributed by atoms with Crippen molar-refractivity contribution in [1.82, 2.24) is 4.90 Å². The third-order valence-corrected chi connectivity index (χ3v) is 6.11. The first-order chi connectivity index (χ1) is 11.4. The number of hydrogen-bond acceptors (Lipinski definition) is 3. The van der Waals surface area contributed by atoms with Gasteiger partial charge in [0.1, 0.15) is 12.3 Å². The molecule has 0 saturated carbocycles. The highest BCUT2D eigenvalue weighted by molar-refractivity contribution is 6.62. The minimum absolute atomic E-state index is 0.179. The number of fused-ring (bicyclic) bond motifs is 2. The normalized spacial score (nSPS) is 31.5. The SMILES string of the molecule is CC(C)(C)OC(=O)N1CCOCC(CB2C3CCCC2CCC3)C1. The summed E-state index contributed by atoms with van der Waals surface area (Å²) in [6, 6.07) is 0. The summed E-state index contributed by atoms with van der Waals surface area (Å²) in [5.74, 6) is 2.32. The first kappa shape index (κ1) is 18.1. The van der Waals surface area contributed by atoms with Crippen LogP contribution < -0.4 is 0 Å². The molecule has 3 heterocycles. The Kier molecular flexibility index (Phi) is 5.79. The smallest absolute Gasteiger partial charge is 0.410 e. The third kappa shape index (κ3) is 4.68. The van der Waals surface area contributed by atoms with Gasteiger partial charge in [0.25, 0.3) is 0 Å². The average Bonchev–Trinajstić information content (AvgIpc) is 2.71. The number of nitrogens with zero attached hydrogens (tertiary/aromatic N) is 1. The standard InChI is InChI=1S/C19H34BNO3/c1-19(2,3)24-18(22)21-10-11-23-14-15(13-21)12-20-16-6-4-7-17(20)9-5-8-16/h15-17H,4-14H2,1-3H3. The van der Waals surface area contributed by atoms with Gasteiger partial charge in [0.05, 0.1) is 13.2 Å². The molecule has 1 unspecified atom stereocenters. The molecule has 3 rings (SSSR count). The maximum Gasteiger partial charge on any atom is 0.410 e. The van der Waals surface area contributed by atoms with Gasteiger partial charge in [0.15, 0.2) is 0 Å². The Hall–Kier alpha value is -0.705. The lowest BCUT2D eigenvalue weighted by atomic mass is 9.25. The number of amides is 1. The lowest BCUT2D eigenvalue weighted by molar-refractivity contribution is 0.0235. The van der Waals surface area contributed by atoms with Gasteiger partial charge in [-0.05, 0) is 26.7 Å². The molecule has 3 saturated heterocycles. The van der Waals surface area contributed by atoms with Crippen LogP contribution in [0.3, 0.4) is 0 Å². The van der Waals surface area contributed by atoms with E-state index in [-0.39, 0.29) is 6.09 Å². The Bertz CT molecular complexity index is 415. The van der Waals surface area contributed by atoms with Crippen molar-refractivity contribution < 1.29 is 14.3 Å². The van der Waals surface area contributed by atoms with Crippen LogP contribution in [0.2, 0.25) is 18.0 Å². The van der Waals surface area contributed by atoms with Gasteiger partial charge in [0, 0.05) is 13.1 Å². The van der Waals surface area contributed by atoms with Crippen LogP contribution in [0.5, 0.6) is 0 Å². The molecule has 24 heavy (non-hydrogen) atoms. The largest absolute Gasteiger partial charge is 0.444 e. The van der Waals surface area contributed by atoms with Crippen molar-refractivity contribution in [3.05, 3.63) is 0 Å². The van der Waals surface area contributed by atoms with Crippen LogP contribution in [0.25, 0.3) is 0 Å². The Morgan fingerprint density at radius 2 is 1.79 bits per heavy atom. The number of carbonyl (C=O) groups excluding carboxylic acids is 1. The summed E-state index contributed by atoms with van der Waals surface area (Å²) in [5.41, 5.74) is -0.430. The molecule has 0 radical (unpaired) electrons. The Labute approximate surface area is 147 Å². The molecule has 0 aliphatic carbocycles. The van der Waals surface area contributed by atoms with Crippen LogP contribution in [0.1, 0.15) is 59.3 Å². The molecule has 0 aromatic carbocycles. The fraction of sp³-hybridized carbons (Fsp3) is 0.947. The number of rotatable bonds is 2. The molecule has 1 atom stereocenters. The fourth-order valence-electron chi connectivity index (χ4n) is 5.10. The highest BCUT2D eigenvalue weighted by Crippen LogP contribution is 2.48. The van der Waals surface area contributed by atoms with Crippen molar-refractivity contribution in [3.63, 3.8) is 0 Å². The van der Waals surface area contributed by atoms with E-state index in [1.165, 1.54) is 44.8 Å². The summed E-state index contributed by atoms with van der Waals surface area (Å²) in [4.78, 5) is 14.3. The molecular weight excluding hydrogens is 301 g/mol. The molecule has 3 fully saturated rings. The van der Waals surface area contributed by atoms with Crippen molar-refractivity contribution >= 4 is 12.8 Å². The number of hydrogen-bond donors (Lipinski definition) is 0. The second kappa shape index (κ2) is 7.67. The van der Waals surface area contributed by atoms with Crippen molar-refractivity contribution in [3.8, 4) is 0 Å². The first-order valence-corrected chi connectivity index (χ1v) is 9.98. The topological polar surface area (TPSA) is 38.8 Å². The van der Waals surface area contributed by atoms with E-state index in [2.05, 4.69) is 0 Å². The van der Waals surface area contributed by atoms with Crippen molar-refractivity contribution in [2.24, 2.45) is 5.92 Å². The minimum Gasteiger partial charge on any atom is -0.444 e. The van der Waals surface area contributed by atoms with Crippen LogP contribution in [-0.2, 0) is 9.47 Å². The molecule has 2 bridgehead atoms. The second-order valence-electron chi connectivity index (χ2n) is 9.15. The van der Waals surface area contributed by atoms with Crippen LogP contribution in [0.4, 0.5) is 4.79 Å². The summed E-state index contributed by atoms with van der Waals surface area (Å²) >= 11 is 0. The van der Waals surface area contributed by atoms with Crippen LogP contribution in [-0.4, -0.2) is 49.6 Å². The van der Waals surface area contributed by atoms with Gasteiger partial charge in [-0.15, -0.1) is 0 Å². The van der Waals surface area contributed by atoms with Gasteiger partial charge in [-0.1, -0.05) is 56.5 Å². The predicted octanol–water partition coefficient (Wildman–Crippen LogP) is 4.47. The Morgan fingerprint density at radius 3 is 2.38 bits per heavy atom. The molecule has 3 aliphatic rings. The molecule has 0 spiro atoms. The predicted molar refractivity (Wildman–Crippen MR) is 97.9 cm³/mol. The van der Waals surface area contributed by atoms with E-state index in [0.717, 1.165) is 31.5 Å². The Morgan fingerprint density at radius 1 is 1.17 bits per heavy atom. The molecule has 0 N–H and O–H groups in total. The quantitative estimate of drug-likeness (QED) is 0.699. The summed E-state index contributed by atoms with van der Waals surface area (Å²) in [7, 11) is 0. The number of carbonyl (C=O) groups is 1. The first-order valence-electron chi connectivity index (χ1n) is 9.98. The summed E-state index contributed by atoms with van der Waals surface area (Å²) in [5, 5.41) is 0. The molecule has 0 aromatic rings. The molecule has 0 aromatic heterocycles. The molecule has 4 nitrogen and oxygen atoms in total. The zero-order chi connectivity index (χ0) is 17.2. The van der Waals surface area contributed by atoms with E-state index in [0.29, 0.717) is 19.1 Å². The van der Waals surface area contributed by atoms with E-state index >= 15 is 0 Å². The van der Waals surface area contributed by atoms with Gasteiger partial charge in [0.2, 0.25) is 0 Å². The van der Waals surface area contributed by atoms with E-state index in [1.54, 1.807) is 0 Å². The van der Waals surface area contributed by atoms with E-state index < -0.39 is 5.60 Å². The summed E-state index contributed by atoms with van der Waals surface area (Å²) < 4.78 is 11.4. The second-order valence-corrected chi connectivity index (χ2v) is 9.15.